The number of hydrogen-bond donors (Lipinski definition) is 3. The summed E-state index contributed by atoms with van der Waals surface area (Å²) in [5.74, 6) is 0. The standard InChI is InChI=1S/C8H17NO4/c1-4-5(9(2)3)6(10)7(11)8(12)13-4/h4-8,10-12H,1-3H3/t4-,5+,6+,7-,8?/m1/s1. The third kappa shape index (κ3) is 2.00. The van der Waals surface area contributed by atoms with E-state index < -0.39 is 18.5 Å². The maximum Gasteiger partial charge on any atom is 0.183 e. The molecule has 5 heteroatoms. The van der Waals surface area contributed by atoms with Crippen LogP contribution < -0.4 is 0 Å². The normalized spacial score (nSPS) is 46.8. The molecule has 0 spiro atoms. The van der Waals surface area contributed by atoms with Gasteiger partial charge in [0.05, 0.1) is 12.1 Å². The van der Waals surface area contributed by atoms with E-state index >= 15 is 0 Å². The highest BCUT2D eigenvalue weighted by molar-refractivity contribution is 4.91. The van der Waals surface area contributed by atoms with Crippen LogP contribution in [0.2, 0.25) is 0 Å². The molecule has 0 saturated carbocycles. The van der Waals surface area contributed by atoms with Crippen molar-refractivity contribution in [3.63, 3.8) is 0 Å². The molecule has 3 N–H and O–H groups in total. The van der Waals surface area contributed by atoms with Crippen molar-refractivity contribution >= 4 is 0 Å². The van der Waals surface area contributed by atoms with Crippen LogP contribution in [-0.2, 0) is 4.74 Å². The summed E-state index contributed by atoms with van der Waals surface area (Å²) >= 11 is 0. The lowest BCUT2D eigenvalue weighted by Gasteiger charge is -2.42. The summed E-state index contributed by atoms with van der Waals surface area (Å²) in [6, 6.07) is -0.293. The van der Waals surface area contributed by atoms with Gasteiger partial charge in [0.1, 0.15) is 12.2 Å². The second-order valence-electron chi connectivity index (χ2n) is 3.67. The minimum absolute atomic E-state index is 0.293. The molecule has 0 aromatic rings. The van der Waals surface area contributed by atoms with Crippen LogP contribution in [0, 0.1) is 0 Å². The van der Waals surface area contributed by atoms with Gasteiger partial charge in [0.15, 0.2) is 6.29 Å². The third-order valence-corrected chi connectivity index (χ3v) is 2.42. The second kappa shape index (κ2) is 3.89. The fourth-order valence-electron chi connectivity index (χ4n) is 1.75. The van der Waals surface area contributed by atoms with E-state index in [9.17, 15) is 10.2 Å². The molecule has 0 aliphatic carbocycles. The molecule has 0 bridgehead atoms. The largest absolute Gasteiger partial charge is 0.388 e. The van der Waals surface area contributed by atoms with Crippen LogP contribution in [0.1, 0.15) is 6.92 Å². The Balaban J connectivity index is 2.73. The van der Waals surface area contributed by atoms with Gasteiger partial charge in [-0.3, -0.25) is 0 Å². The highest BCUT2D eigenvalue weighted by Gasteiger charge is 2.42. The van der Waals surface area contributed by atoms with Gasteiger partial charge in [0.25, 0.3) is 0 Å². The molecule has 0 amide bonds. The zero-order valence-corrected chi connectivity index (χ0v) is 8.08. The Kier molecular flexibility index (Phi) is 3.26. The predicted molar refractivity (Wildman–Crippen MR) is 46.0 cm³/mol. The first kappa shape index (κ1) is 10.9. The van der Waals surface area contributed by atoms with Crippen molar-refractivity contribution < 1.29 is 20.1 Å². The van der Waals surface area contributed by atoms with Crippen molar-refractivity contribution in [3.8, 4) is 0 Å². The number of likely N-dealkylation sites (N-methyl/N-ethyl adjacent to an activating group) is 1. The van der Waals surface area contributed by atoms with Crippen LogP contribution in [0.3, 0.4) is 0 Å². The van der Waals surface area contributed by atoms with E-state index in [4.69, 9.17) is 9.84 Å². The summed E-state index contributed by atoms with van der Waals surface area (Å²) in [5, 5.41) is 28.1. The molecule has 1 heterocycles. The van der Waals surface area contributed by atoms with E-state index in [-0.39, 0.29) is 12.1 Å². The number of hydrogen-bond acceptors (Lipinski definition) is 5. The molecule has 78 valence electrons. The molecule has 13 heavy (non-hydrogen) atoms. The Morgan fingerprint density at radius 3 is 2.08 bits per heavy atom. The van der Waals surface area contributed by atoms with Gasteiger partial charge >= 0.3 is 0 Å². The summed E-state index contributed by atoms with van der Waals surface area (Å²) < 4.78 is 5.05. The van der Waals surface area contributed by atoms with E-state index in [1.807, 2.05) is 0 Å². The van der Waals surface area contributed by atoms with E-state index in [0.29, 0.717) is 0 Å². The van der Waals surface area contributed by atoms with Crippen LogP contribution in [0.5, 0.6) is 0 Å². The van der Waals surface area contributed by atoms with Gasteiger partial charge in [-0.1, -0.05) is 0 Å². The SMILES string of the molecule is C[C@H]1OC(O)[C@H](O)[C@@H](O)[C@H]1N(C)C. The topological polar surface area (TPSA) is 73.2 Å². The first-order valence-corrected chi connectivity index (χ1v) is 4.31. The highest BCUT2D eigenvalue weighted by atomic mass is 16.6. The van der Waals surface area contributed by atoms with Crippen molar-refractivity contribution in [1.82, 2.24) is 4.90 Å². The van der Waals surface area contributed by atoms with Crippen LogP contribution in [-0.4, -0.2) is 65.0 Å². The van der Waals surface area contributed by atoms with E-state index in [1.165, 1.54) is 0 Å². The van der Waals surface area contributed by atoms with Gasteiger partial charge in [-0.15, -0.1) is 0 Å². The smallest absolute Gasteiger partial charge is 0.183 e. The van der Waals surface area contributed by atoms with Gasteiger partial charge in [0, 0.05) is 0 Å². The lowest BCUT2D eigenvalue weighted by atomic mass is 9.96. The van der Waals surface area contributed by atoms with Gasteiger partial charge in [0.2, 0.25) is 0 Å². The van der Waals surface area contributed by atoms with Gasteiger partial charge in [-0.2, -0.15) is 0 Å². The Bertz CT molecular complexity index is 176. The van der Waals surface area contributed by atoms with Crippen molar-refractivity contribution in [2.24, 2.45) is 0 Å². The zero-order chi connectivity index (χ0) is 10.2. The maximum absolute atomic E-state index is 9.62. The van der Waals surface area contributed by atoms with Crippen molar-refractivity contribution in [3.05, 3.63) is 0 Å². The van der Waals surface area contributed by atoms with Crippen LogP contribution in [0.25, 0.3) is 0 Å². The molecule has 1 rings (SSSR count). The molecule has 1 saturated heterocycles. The molecule has 5 nitrogen and oxygen atoms in total. The minimum Gasteiger partial charge on any atom is -0.388 e. The molecule has 0 aromatic carbocycles. The summed E-state index contributed by atoms with van der Waals surface area (Å²) in [6.45, 7) is 1.75. The molecule has 1 aliphatic rings. The Morgan fingerprint density at radius 1 is 1.08 bits per heavy atom. The average molecular weight is 191 g/mol. The van der Waals surface area contributed by atoms with Crippen molar-refractivity contribution in [1.29, 1.82) is 0 Å². The lowest BCUT2D eigenvalue weighted by Crippen LogP contribution is -2.61. The molecule has 0 aromatic heterocycles. The number of rotatable bonds is 1. The average Bonchev–Trinajstić information content (AvgIpc) is 1.99. The van der Waals surface area contributed by atoms with Crippen molar-refractivity contribution in [2.75, 3.05) is 14.1 Å². The minimum atomic E-state index is -1.29. The van der Waals surface area contributed by atoms with Crippen LogP contribution in [0.15, 0.2) is 0 Å². The number of ether oxygens (including phenoxy) is 1. The Hall–Kier alpha value is -0.200. The Morgan fingerprint density at radius 2 is 1.62 bits per heavy atom. The maximum atomic E-state index is 9.62. The molecule has 0 radical (unpaired) electrons. The third-order valence-electron chi connectivity index (χ3n) is 2.42. The lowest BCUT2D eigenvalue weighted by molar-refractivity contribution is -0.263. The van der Waals surface area contributed by atoms with Gasteiger partial charge < -0.3 is 25.0 Å². The first-order chi connectivity index (χ1) is 5.95. The summed E-state index contributed by atoms with van der Waals surface area (Å²) in [7, 11) is 3.58. The quantitative estimate of drug-likeness (QED) is 0.464. The monoisotopic (exact) mass is 191 g/mol. The molecular formula is C8H17NO4. The fraction of sp³-hybridized carbons (Fsp3) is 1.00. The molecular weight excluding hydrogens is 174 g/mol. The second-order valence-corrected chi connectivity index (χ2v) is 3.67. The number of aliphatic hydroxyl groups excluding tert-OH is 3. The molecule has 5 atom stereocenters. The van der Waals surface area contributed by atoms with Crippen LogP contribution in [0.4, 0.5) is 0 Å². The zero-order valence-electron chi connectivity index (χ0n) is 8.08. The summed E-state index contributed by atoms with van der Waals surface area (Å²) in [6.07, 6.45) is -3.80. The predicted octanol–water partition coefficient (Wildman–Crippen LogP) is -1.62. The van der Waals surface area contributed by atoms with E-state index in [2.05, 4.69) is 0 Å². The molecule has 1 aliphatic heterocycles. The van der Waals surface area contributed by atoms with E-state index in [1.54, 1.807) is 25.9 Å². The first-order valence-electron chi connectivity index (χ1n) is 4.31. The fourth-order valence-corrected chi connectivity index (χ4v) is 1.75. The number of aliphatic hydroxyl groups is 3. The van der Waals surface area contributed by atoms with Gasteiger partial charge in [-0.25, -0.2) is 0 Å². The van der Waals surface area contributed by atoms with Gasteiger partial charge in [-0.05, 0) is 21.0 Å². The number of nitrogens with zero attached hydrogens (tertiary/aromatic N) is 1. The van der Waals surface area contributed by atoms with E-state index in [0.717, 1.165) is 0 Å². The molecule has 1 fully saturated rings. The van der Waals surface area contributed by atoms with Crippen LogP contribution >= 0.6 is 0 Å². The molecule has 1 unspecified atom stereocenters. The highest BCUT2D eigenvalue weighted by Crippen LogP contribution is 2.22. The van der Waals surface area contributed by atoms with Crippen molar-refractivity contribution in [2.45, 2.75) is 37.6 Å². The summed E-state index contributed by atoms with van der Waals surface area (Å²) in [4.78, 5) is 1.77. The Labute approximate surface area is 77.5 Å². The summed E-state index contributed by atoms with van der Waals surface area (Å²) in [5.41, 5.74) is 0.